The van der Waals surface area contributed by atoms with Crippen LogP contribution in [0, 0.1) is 6.92 Å². The number of hydrogen-bond acceptors (Lipinski definition) is 3. The van der Waals surface area contributed by atoms with Crippen molar-refractivity contribution in [2.45, 2.75) is 6.92 Å². The van der Waals surface area contributed by atoms with Gasteiger partial charge in [0.05, 0.1) is 0 Å². The van der Waals surface area contributed by atoms with Gasteiger partial charge in [-0.3, -0.25) is 0 Å². The number of benzene rings is 2. The summed E-state index contributed by atoms with van der Waals surface area (Å²) in [7, 11) is 0. The van der Waals surface area contributed by atoms with E-state index in [-0.39, 0.29) is 11.5 Å². The van der Waals surface area contributed by atoms with Crippen LogP contribution >= 0.6 is 11.3 Å². The molecule has 80 valence electrons. The van der Waals surface area contributed by atoms with Crippen molar-refractivity contribution in [2.75, 3.05) is 0 Å². The van der Waals surface area contributed by atoms with Crippen LogP contribution < -0.4 is 0 Å². The van der Waals surface area contributed by atoms with Crippen LogP contribution in [0.25, 0.3) is 20.2 Å². The third-order valence-electron chi connectivity index (χ3n) is 2.73. The van der Waals surface area contributed by atoms with Crippen molar-refractivity contribution >= 4 is 31.5 Å². The van der Waals surface area contributed by atoms with Crippen LogP contribution in [-0.4, -0.2) is 10.2 Å². The molecule has 0 bridgehead atoms. The molecule has 16 heavy (non-hydrogen) atoms. The lowest BCUT2D eigenvalue weighted by Crippen LogP contribution is -1.72. The zero-order valence-corrected chi connectivity index (χ0v) is 9.51. The Morgan fingerprint density at radius 1 is 0.938 bits per heavy atom. The van der Waals surface area contributed by atoms with Gasteiger partial charge < -0.3 is 10.2 Å². The first-order valence-corrected chi connectivity index (χ1v) is 5.81. The molecule has 2 N–H and O–H groups in total. The summed E-state index contributed by atoms with van der Waals surface area (Å²) >= 11 is 1.64. The zero-order valence-electron chi connectivity index (χ0n) is 8.69. The van der Waals surface area contributed by atoms with Crippen molar-refractivity contribution < 1.29 is 10.2 Å². The van der Waals surface area contributed by atoms with Gasteiger partial charge in [0.25, 0.3) is 0 Å². The lowest BCUT2D eigenvalue weighted by molar-refractivity contribution is 0.475. The van der Waals surface area contributed by atoms with E-state index in [2.05, 4.69) is 0 Å². The Kier molecular flexibility index (Phi) is 1.85. The maximum absolute atomic E-state index is 9.60. The molecule has 1 aromatic heterocycles. The van der Waals surface area contributed by atoms with Gasteiger partial charge >= 0.3 is 0 Å². The summed E-state index contributed by atoms with van der Waals surface area (Å²) < 4.78 is 2.21. The molecule has 2 nitrogen and oxygen atoms in total. The van der Waals surface area contributed by atoms with Crippen molar-refractivity contribution in [2.24, 2.45) is 0 Å². The molecular formula is C13H10O2S. The van der Waals surface area contributed by atoms with Crippen molar-refractivity contribution in [3.8, 4) is 11.5 Å². The molecule has 3 heteroatoms. The van der Waals surface area contributed by atoms with Gasteiger partial charge in [-0.1, -0.05) is 0 Å². The lowest BCUT2D eigenvalue weighted by Gasteiger charge is -1.97. The molecule has 0 aliphatic rings. The highest BCUT2D eigenvalue weighted by molar-refractivity contribution is 7.26. The Hall–Kier alpha value is -1.74. The molecule has 0 fully saturated rings. The molecule has 3 aromatic rings. The summed E-state index contributed by atoms with van der Waals surface area (Å²) in [6.45, 7) is 1.98. The SMILES string of the molecule is Cc1cc(O)cc2c1sc1cc(O)ccc12. The average Bonchev–Trinajstić information content (AvgIpc) is 2.56. The molecule has 0 aliphatic heterocycles. The first-order chi connectivity index (χ1) is 7.65. The van der Waals surface area contributed by atoms with E-state index in [0.29, 0.717) is 0 Å². The predicted molar refractivity (Wildman–Crippen MR) is 67.4 cm³/mol. The Morgan fingerprint density at radius 3 is 2.56 bits per heavy atom. The Labute approximate surface area is 96.4 Å². The second-order valence-electron chi connectivity index (χ2n) is 3.92. The predicted octanol–water partition coefficient (Wildman–Crippen LogP) is 3.77. The molecule has 0 atom stereocenters. The van der Waals surface area contributed by atoms with Crippen LogP contribution in [0.1, 0.15) is 5.56 Å². The normalized spacial score (nSPS) is 11.3. The highest BCUT2D eigenvalue weighted by Crippen LogP contribution is 2.38. The standard InChI is InChI=1S/C13H10O2S/c1-7-4-9(15)5-11-10-3-2-8(14)6-12(10)16-13(7)11/h2-6,14-15H,1H3. The molecule has 0 amide bonds. The van der Waals surface area contributed by atoms with Crippen LogP contribution in [-0.2, 0) is 0 Å². The number of phenolic OH excluding ortho intramolecular Hbond substituents is 2. The first-order valence-electron chi connectivity index (χ1n) is 5.00. The van der Waals surface area contributed by atoms with Crippen molar-refractivity contribution in [3.05, 3.63) is 35.9 Å². The number of rotatable bonds is 0. The van der Waals surface area contributed by atoms with Crippen molar-refractivity contribution in [1.29, 1.82) is 0 Å². The summed E-state index contributed by atoms with van der Waals surface area (Å²) in [4.78, 5) is 0. The number of thiophene rings is 1. The summed E-state index contributed by atoms with van der Waals surface area (Å²) in [6.07, 6.45) is 0. The van der Waals surface area contributed by atoms with Crippen LogP contribution in [0.4, 0.5) is 0 Å². The van der Waals surface area contributed by atoms with Crippen molar-refractivity contribution in [1.82, 2.24) is 0 Å². The Balaban J connectivity index is 2.55. The van der Waals surface area contributed by atoms with E-state index in [0.717, 1.165) is 21.0 Å². The van der Waals surface area contributed by atoms with Crippen LogP contribution in [0.5, 0.6) is 11.5 Å². The zero-order chi connectivity index (χ0) is 11.3. The van der Waals surface area contributed by atoms with Gasteiger partial charge in [-0.25, -0.2) is 0 Å². The maximum Gasteiger partial charge on any atom is 0.117 e. The van der Waals surface area contributed by atoms with Gasteiger partial charge in [-0.15, -0.1) is 11.3 Å². The average molecular weight is 230 g/mol. The third kappa shape index (κ3) is 1.25. The van der Waals surface area contributed by atoms with Gasteiger partial charge in [-0.05, 0) is 42.8 Å². The fourth-order valence-electron chi connectivity index (χ4n) is 2.02. The Morgan fingerprint density at radius 2 is 1.75 bits per heavy atom. The number of aromatic hydroxyl groups is 2. The topological polar surface area (TPSA) is 40.5 Å². The van der Waals surface area contributed by atoms with Gasteiger partial charge in [-0.2, -0.15) is 0 Å². The van der Waals surface area contributed by atoms with Crippen LogP contribution in [0.15, 0.2) is 30.3 Å². The largest absolute Gasteiger partial charge is 0.508 e. The van der Waals surface area contributed by atoms with E-state index in [1.54, 1.807) is 35.6 Å². The minimum Gasteiger partial charge on any atom is -0.508 e. The van der Waals surface area contributed by atoms with Crippen molar-refractivity contribution in [3.63, 3.8) is 0 Å². The van der Waals surface area contributed by atoms with E-state index in [1.165, 1.54) is 4.70 Å². The molecule has 0 saturated heterocycles. The molecule has 0 aliphatic carbocycles. The van der Waals surface area contributed by atoms with Gasteiger partial charge in [0, 0.05) is 20.2 Å². The minimum absolute atomic E-state index is 0.279. The summed E-state index contributed by atoms with van der Waals surface area (Å²) in [5.41, 5.74) is 1.07. The van der Waals surface area contributed by atoms with Gasteiger partial charge in [0.15, 0.2) is 0 Å². The molecule has 0 saturated carbocycles. The number of fused-ring (bicyclic) bond motifs is 3. The molecule has 0 radical (unpaired) electrons. The maximum atomic E-state index is 9.60. The fourth-order valence-corrected chi connectivity index (χ4v) is 3.20. The number of phenols is 2. The Bertz CT molecular complexity index is 698. The summed E-state index contributed by atoms with van der Waals surface area (Å²) in [6, 6.07) is 8.86. The quantitative estimate of drug-likeness (QED) is 0.617. The molecule has 0 spiro atoms. The second-order valence-corrected chi connectivity index (χ2v) is 4.97. The van der Waals surface area contributed by atoms with E-state index >= 15 is 0 Å². The van der Waals surface area contributed by atoms with E-state index in [1.807, 2.05) is 13.0 Å². The van der Waals surface area contributed by atoms with Gasteiger partial charge in [0.1, 0.15) is 11.5 Å². The molecule has 3 rings (SSSR count). The molecule has 0 unspecified atom stereocenters. The number of hydrogen-bond donors (Lipinski definition) is 2. The molecular weight excluding hydrogens is 220 g/mol. The molecule has 2 aromatic carbocycles. The van der Waals surface area contributed by atoms with Crippen LogP contribution in [0.2, 0.25) is 0 Å². The van der Waals surface area contributed by atoms with E-state index < -0.39 is 0 Å². The highest BCUT2D eigenvalue weighted by Gasteiger charge is 2.08. The monoisotopic (exact) mass is 230 g/mol. The summed E-state index contributed by atoms with van der Waals surface area (Å²) in [5, 5.41) is 21.2. The summed E-state index contributed by atoms with van der Waals surface area (Å²) in [5.74, 6) is 0.568. The number of aryl methyl sites for hydroxylation is 1. The first kappa shape index (κ1) is 9.48. The molecule has 1 heterocycles. The third-order valence-corrected chi connectivity index (χ3v) is 4.03. The van der Waals surface area contributed by atoms with Gasteiger partial charge in [0.2, 0.25) is 0 Å². The lowest BCUT2D eigenvalue weighted by atomic mass is 10.1. The van der Waals surface area contributed by atoms with Crippen LogP contribution in [0.3, 0.4) is 0 Å². The fraction of sp³-hybridized carbons (Fsp3) is 0.0769. The second kappa shape index (κ2) is 3.12. The highest BCUT2D eigenvalue weighted by atomic mass is 32.1. The smallest absolute Gasteiger partial charge is 0.117 e. The van der Waals surface area contributed by atoms with E-state index in [9.17, 15) is 10.2 Å². The minimum atomic E-state index is 0.279. The van der Waals surface area contributed by atoms with E-state index in [4.69, 9.17) is 0 Å².